The van der Waals surface area contributed by atoms with Crippen LogP contribution in [0.4, 0.5) is 0 Å². The van der Waals surface area contributed by atoms with E-state index in [-0.39, 0.29) is 23.2 Å². The second-order valence-electron chi connectivity index (χ2n) is 14.3. The SMILES string of the molecule is CC(C#N)n1ccnc1-c1ccccc1.CCCCCCCCCCCc1nccn1C(C)C#N.O=C(O)c1ccc(C(=O)O)c(C(=O)O)c1.O=C(O)c1ccc(C(=O)O)c(C(=O)O)c1. The summed E-state index contributed by atoms with van der Waals surface area (Å²) in [5, 5.41) is 69.6. The summed E-state index contributed by atoms with van der Waals surface area (Å²) in [6.45, 7) is 6.03. The molecule has 0 bridgehead atoms. The van der Waals surface area contributed by atoms with Gasteiger partial charge in [-0.2, -0.15) is 10.5 Å². The number of nitrogens with zero attached hydrogens (tertiary/aromatic N) is 6. The molecule has 2 heterocycles. The lowest BCUT2D eigenvalue weighted by atomic mass is 10.0. The molecule has 0 aliphatic rings. The Hall–Kier alpha value is -8.12. The first-order valence-corrected chi connectivity index (χ1v) is 20.6. The van der Waals surface area contributed by atoms with Crippen molar-refractivity contribution < 1.29 is 59.4 Å². The molecule has 65 heavy (non-hydrogen) atoms. The Morgan fingerprint density at radius 3 is 1.38 bits per heavy atom. The van der Waals surface area contributed by atoms with Crippen molar-refractivity contribution in [1.82, 2.24) is 19.1 Å². The van der Waals surface area contributed by atoms with Crippen molar-refractivity contribution in [1.29, 1.82) is 10.5 Å². The summed E-state index contributed by atoms with van der Waals surface area (Å²) >= 11 is 0. The number of benzene rings is 3. The number of carboxylic acid groups (broad SMARTS) is 6. The Kier molecular flexibility index (Phi) is 22.6. The van der Waals surface area contributed by atoms with E-state index in [2.05, 4.69) is 29.0 Å². The molecule has 2 aromatic heterocycles. The van der Waals surface area contributed by atoms with Gasteiger partial charge in [0.15, 0.2) is 0 Å². The first-order chi connectivity index (χ1) is 31.0. The molecule has 0 saturated heterocycles. The van der Waals surface area contributed by atoms with Crippen molar-refractivity contribution in [2.24, 2.45) is 0 Å². The number of nitriles is 2. The zero-order valence-corrected chi connectivity index (χ0v) is 36.2. The molecule has 5 rings (SSSR count). The molecule has 2 atom stereocenters. The highest BCUT2D eigenvalue weighted by Crippen LogP contribution is 2.20. The number of aryl methyl sites for hydroxylation is 1. The average molecular weight is 893 g/mol. The number of carbonyl (C=O) groups is 6. The minimum absolute atomic E-state index is 0.105. The number of aromatic carboxylic acids is 6. The smallest absolute Gasteiger partial charge is 0.336 e. The van der Waals surface area contributed by atoms with Crippen molar-refractivity contribution in [2.45, 2.75) is 97.1 Å². The van der Waals surface area contributed by atoms with Crippen molar-refractivity contribution >= 4 is 35.8 Å². The molecule has 3 aromatic carbocycles. The van der Waals surface area contributed by atoms with Crippen LogP contribution in [0.5, 0.6) is 0 Å². The third-order valence-corrected chi connectivity index (χ3v) is 9.62. The van der Waals surface area contributed by atoms with Gasteiger partial charge in [0.25, 0.3) is 0 Å². The maximum atomic E-state index is 10.6. The van der Waals surface area contributed by atoms with Crippen LogP contribution in [-0.2, 0) is 6.42 Å². The van der Waals surface area contributed by atoms with E-state index in [1.165, 1.54) is 57.8 Å². The van der Waals surface area contributed by atoms with Crippen LogP contribution in [0.15, 0.2) is 91.5 Å². The molecule has 18 nitrogen and oxygen atoms in total. The van der Waals surface area contributed by atoms with Crippen LogP contribution in [0.1, 0.15) is 159 Å². The summed E-state index contributed by atoms with van der Waals surface area (Å²) in [6.07, 6.45) is 20.3. The third kappa shape index (κ3) is 17.3. The maximum Gasteiger partial charge on any atom is 0.336 e. The normalized spacial score (nSPS) is 11.0. The van der Waals surface area contributed by atoms with Gasteiger partial charge in [0.2, 0.25) is 0 Å². The monoisotopic (exact) mass is 892 g/mol. The van der Waals surface area contributed by atoms with Gasteiger partial charge < -0.3 is 39.8 Å². The predicted octanol–water partition coefficient (Wildman–Crippen LogP) is 9.24. The molecule has 0 saturated carbocycles. The molecular formula is C47H52N6O12. The molecule has 0 fully saturated rings. The van der Waals surface area contributed by atoms with E-state index in [1.807, 2.05) is 65.7 Å². The van der Waals surface area contributed by atoms with Gasteiger partial charge in [0.05, 0.1) is 45.5 Å². The summed E-state index contributed by atoms with van der Waals surface area (Å²) in [7, 11) is 0. The molecule has 2 unspecified atom stereocenters. The second-order valence-corrected chi connectivity index (χ2v) is 14.3. The van der Waals surface area contributed by atoms with Gasteiger partial charge in [-0.1, -0.05) is 88.6 Å². The number of unbranched alkanes of at least 4 members (excludes halogenated alkanes) is 8. The second kappa shape index (κ2) is 27.7. The number of carboxylic acids is 6. The van der Waals surface area contributed by atoms with Crippen LogP contribution in [-0.4, -0.2) is 85.6 Å². The summed E-state index contributed by atoms with van der Waals surface area (Å²) in [6, 6.07) is 19.7. The van der Waals surface area contributed by atoms with Crippen molar-refractivity contribution in [3.05, 3.63) is 131 Å². The quantitative estimate of drug-likeness (QED) is 0.0421. The number of aromatic nitrogens is 4. The van der Waals surface area contributed by atoms with Gasteiger partial charge in [-0.15, -0.1) is 0 Å². The Bertz CT molecular complexity index is 2380. The molecule has 0 aliphatic carbocycles. The van der Waals surface area contributed by atoms with Crippen LogP contribution in [0.2, 0.25) is 0 Å². The van der Waals surface area contributed by atoms with E-state index in [0.29, 0.717) is 0 Å². The standard InChI is InChI=1S/C17H29N3.C12H11N3.2C9H6O6/c1-3-4-5-6-7-8-9-10-11-12-17-19-13-14-20(17)16(2)15-18;1-10(9-13)15-8-7-14-12(15)11-5-3-2-4-6-11;2*10-7(11)4-1-2-5(8(12)13)6(3-4)9(14)15/h13-14,16H,3-12H2,1-2H3;2-8,10H,1H3;2*1-3H,(H,10,11)(H,12,13)(H,14,15). The van der Waals surface area contributed by atoms with Gasteiger partial charge in [-0.05, 0) is 56.7 Å². The molecule has 6 N–H and O–H groups in total. The van der Waals surface area contributed by atoms with E-state index in [9.17, 15) is 28.8 Å². The largest absolute Gasteiger partial charge is 0.478 e. The lowest BCUT2D eigenvalue weighted by Gasteiger charge is -2.09. The number of hydrogen-bond donors (Lipinski definition) is 6. The summed E-state index contributed by atoms with van der Waals surface area (Å²) in [4.78, 5) is 72.1. The van der Waals surface area contributed by atoms with Gasteiger partial charge in [-0.25, -0.2) is 38.7 Å². The fourth-order valence-corrected chi connectivity index (χ4v) is 6.13. The molecule has 0 radical (unpaired) electrons. The Balaban J connectivity index is 0.000000300. The fourth-order valence-electron chi connectivity index (χ4n) is 6.13. The van der Waals surface area contributed by atoms with Crippen molar-refractivity contribution in [2.75, 3.05) is 0 Å². The Labute approximate surface area is 375 Å². The van der Waals surface area contributed by atoms with Gasteiger partial charge in [-0.3, -0.25) is 0 Å². The van der Waals surface area contributed by atoms with E-state index >= 15 is 0 Å². The van der Waals surface area contributed by atoms with E-state index in [0.717, 1.165) is 60.0 Å². The number of imidazole rings is 2. The van der Waals surface area contributed by atoms with E-state index in [4.69, 9.17) is 41.2 Å². The number of hydrogen-bond acceptors (Lipinski definition) is 10. The van der Waals surface area contributed by atoms with Crippen LogP contribution in [0.3, 0.4) is 0 Å². The molecule has 0 amide bonds. The molecule has 0 aliphatic heterocycles. The first kappa shape index (κ1) is 53.0. The Morgan fingerprint density at radius 1 is 0.538 bits per heavy atom. The van der Waals surface area contributed by atoms with Gasteiger partial charge in [0, 0.05) is 36.8 Å². The Morgan fingerprint density at radius 2 is 0.954 bits per heavy atom. The van der Waals surface area contributed by atoms with E-state index < -0.39 is 58.1 Å². The van der Waals surface area contributed by atoms with Crippen LogP contribution in [0.25, 0.3) is 11.4 Å². The fraction of sp³-hybridized carbons (Fsp3) is 0.319. The summed E-state index contributed by atoms with van der Waals surface area (Å²) in [5.74, 6) is -6.50. The van der Waals surface area contributed by atoms with Crippen molar-refractivity contribution in [3.63, 3.8) is 0 Å². The molecule has 342 valence electrons. The molecule has 5 aromatic rings. The summed E-state index contributed by atoms with van der Waals surface area (Å²) < 4.78 is 3.86. The highest BCUT2D eigenvalue weighted by atomic mass is 16.4. The third-order valence-electron chi connectivity index (χ3n) is 9.62. The van der Waals surface area contributed by atoms with Crippen LogP contribution in [0, 0.1) is 22.7 Å². The van der Waals surface area contributed by atoms with Crippen LogP contribution < -0.4 is 0 Å². The summed E-state index contributed by atoms with van der Waals surface area (Å²) in [5.41, 5.74) is -1.45. The predicted molar refractivity (Wildman–Crippen MR) is 236 cm³/mol. The average Bonchev–Trinajstić information content (AvgIpc) is 3.99. The minimum atomic E-state index is -1.48. The lowest BCUT2D eigenvalue weighted by molar-refractivity contribution is 0.0648. The zero-order valence-electron chi connectivity index (χ0n) is 36.2. The first-order valence-electron chi connectivity index (χ1n) is 20.6. The zero-order chi connectivity index (χ0) is 48.5. The van der Waals surface area contributed by atoms with Crippen LogP contribution >= 0.6 is 0 Å². The van der Waals surface area contributed by atoms with E-state index in [1.54, 1.807) is 12.4 Å². The molecule has 0 spiro atoms. The number of rotatable bonds is 19. The van der Waals surface area contributed by atoms with Gasteiger partial charge >= 0.3 is 35.8 Å². The maximum absolute atomic E-state index is 10.6. The van der Waals surface area contributed by atoms with Gasteiger partial charge in [0.1, 0.15) is 23.7 Å². The highest BCUT2D eigenvalue weighted by molar-refractivity contribution is 6.04. The topological polar surface area (TPSA) is 307 Å². The highest BCUT2D eigenvalue weighted by Gasteiger charge is 2.19. The lowest BCUT2D eigenvalue weighted by Crippen LogP contribution is -2.10. The molecular weight excluding hydrogens is 841 g/mol. The minimum Gasteiger partial charge on any atom is -0.478 e. The molecule has 18 heteroatoms. The van der Waals surface area contributed by atoms with Crippen molar-refractivity contribution in [3.8, 4) is 23.5 Å².